The van der Waals surface area contributed by atoms with Crippen LogP contribution in [0.4, 0.5) is 4.79 Å². The van der Waals surface area contributed by atoms with Crippen LogP contribution in [0.5, 0.6) is 0 Å². The fraction of sp³-hybridized carbons (Fsp3) is 0.433. The summed E-state index contributed by atoms with van der Waals surface area (Å²) in [5.74, 6) is -1.39. The highest BCUT2D eigenvalue weighted by molar-refractivity contribution is 7.20. The van der Waals surface area contributed by atoms with Gasteiger partial charge in [0.15, 0.2) is 5.01 Å². The number of fused-ring (bicyclic) bond motifs is 1. The average molecular weight is 565 g/mol. The molecule has 1 saturated heterocycles. The molecule has 3 amide bonds. The topological polar surface area (TPSA) is 118 Å². The maximum absolute atomic E-state index is 13.6. The first-order valence-corrected chi connectivity index (χ1v) is 14.4. The van der Waals surface area contributed by atoms with Crippen LogP contribution in [-0.4, -0.2) is 58.2 Å². The zero-order valence-electron chi connectivity index (χ0n) is 23.3. The van der Waals surface area contributed by atoms with Crippen LogP contribution >= 0.6 is 11.3 Å². The van der Waals surface area contributed by atoms with Gasteiger partial charge in [-0.1, -0.05) is 70.2 Å². The van der Waals surface area contributed by atoms with Gasteiger partial charge in [0.05, 0.1) is 16.3 Å². The second-order valence-electron chi connectivity index (χ2n) is 10.7. The van der Waals surface area contributed by atoms with Crippen molar-refractivity contribution >= 4 is 45.2 Å². The smallest absolute Gasteiger partial charge is 0.408 e. The summed E-state index contributed by atoms with van der Waals surface area (Å²) in [6.45, 7) is 7.87. The lowest BCUT2D eigenvalue weighted by atomic mass is 9.99. The molecule has 3 atom stereocenters. The number of alkyl carbamates (subject to hydrolysis) is 1. The largest absolute Gasteiger partial charge is 0.445 e. The first-order valence-electron chi connectivity index (χ1n) is 13.6. The van der Waals surface area contributed by atoms with E-state index in [0.29, 0.717) is 24.4 Å². The van der Waals surface area contributed by atoms with Gasteiger partial charge in [-0.25, -0.2) is 9.78 Å². The van der Waals surface area contributed by atoms with Gasteiger partial charge in [0.2, 0.25) is 17.6 Å². The highest BCUT2D eigenvalue weighted by Crippen LogP contribution is 2.25. The zero-order chi connectivity index (χ0) is 28.8. The van der Waals surface area contributed by atoms with E-state index in [-0.39, 0.29) is 36.0 Å². The Hall–Kier alpha value is -3.79. The monoisotopic (exact) mass is 564 g/mol. The van der Waals surface area contributed by atoms with E-state index in [1.165, 1.54) is 16.2 Å². The molecule has 10 heteroatoms. The van der Waals surface area contributed by atoms with Gasteiger partial charge in [-0.3, -0.25) is 14.4 Å². The molecule has 2 N–H and O–H groups in total. The number of hydrogen-bond acceptors (Lipinski definition) is 7. The Bertz CT molecular complexity index is 1320. The number of ketones is 1. The number of aromatic nitrogens is 1. The molecule has 1 aliphatic rings. The maximum Gasteiger partial charge on any atom is 0.408 e. The number of carbonyl (C=O) groups is 4. The van der Waals surface area contributed by atoms with Gasteiger partial charge in [-0.2, -0.15) is 0 Å². The molecule has 2 aromatic carbocycles. The molecule has 2 heterocycles. The number of hydrogen-bond donors (Lipinski definition) is 2. The summed E-state index contributed by atoms with van der Waals surface area (Å²) >= 11 is 1.30. The molecule has 0 radical (unpaired) electrons. The molecule has 212 valence electrons. The summed E-state index contributed by atoms with van der Waals surface area (Å²) in [6.07, 6.45) is 0.420. The number of para-hydroxylation sites is 1. The predicted molar refractivity (Wildman–Crippen MR) is 154 cm³/mol. The minimum Gasteiger partial charge on any atom is -0.445 e. The third-order valence-electron chi connectivity index (χ3n) is 7.01. The fourth-order valence-electron chi connectivity index (χ4n) is 4.78. The molecule has 40 heavy (non-hydrogen) atoms. The van der Waals surface area contributed by atoms with Crippen LogP contribution in [-0.2, 0) is 20.9 Å². The summed E-state index contributed by atoms with van der Waals surface area (Å²) < 4.78 is 6.23. The van der Waals surface area contributed by atoms with Crippen LogP contribution in [0.25, 0.3) is 10.2 Å². The van der Waals surface area contributed by atoms with Crippen molar-refractivity contribution in [3.05, 3.63) is 65.2 Å². The highest BCUT2D eigenvalue weighted by atomic mass is 32.1. The summed E-state index contributed by atoms with van der Waals surface area (Å²) in [5, 5.41) is 5.94. The van der Waals surface area contributed by atoms with Gasteiger partial charge in [0.25, 0.3) is 0 Å². The van der Waals surface area contributed by atoms with Crippen molar-refractivity contribution in [2.24, 2.45) is 11.8 Å². The summed E-state index contributed by atoms with van der Waals surface area (Å²) in [6, 6.07) is 14.4. The number of ether oxygens (including phenoxy) is 1. The fourth-order valence-corrected chi connectivity index (χ4v) is 5.73. The Balaban J connectivity index is 1.42. The van der Waals surface area contributed by atoms with E-state index in [0.717, 1.165) is 15.8 Å². The summed E-state index contributed by atoms with van der Waals surface area (Å²) in [7, 11) is 0. The number of thiazole rings is 1. The molecule has 0 aliphatic carbocycles. The van der Waals surface area contributed by atoms with Crippen LogP contribution in [0.1, 0.15) is 55.9 Å². The number of benzene rings is 2. The number of nitrogens with one attached hydrogen (secondary N) is 2. The Morgan fingerprint density at radius 2 is 1.62 bits per heavy atom. The molecule has 1 fully saturated rings. The van der Waals surface area contributed by atoms with Gasteiger partial charge in [-0.05, 0) is 42.4 Å². The Labute approximate surface area is 238 Å². The molecule has 0 saturated carbocycles. The van der Waals surface area contributed by atoms with Crippen LogP contribution in [0.3, 0.4) is 0 Å². The van der Waals surface area contributed by atoms with Gasteiger partial charge in [0, 0.05) is 6.54 Å². The van der Waals surface area contributed by atoms with E-state index >= 15 is 0 Å². The minimum atomic E-state index is -0.859. The molecule has 1 aliphatic heterocycles. The van der Waals surface area contributed by atoms with E-state index in [2.05, 4.69) is 15.6 Å². The van der Waals surface area contributed by atoms with Crippen molar-refractivity contribution in [2.75, 3.05) is 6.54 Å². The number of rotatable bonds is 10. The molecule has 9 nitrogen and oxygen atoms in total. The van der Waals surface area contributed by atoms with Crippen molar-refractivity contribution < 1.29 is 23.9 Å². The normalized spacial score (nSPS) is 16.6. The molecule has 1 aromatic heterocycles. The Kier molecular flexibility index (Phi) is 9.52. The standard InChI is InChI=1S/C30H36N4O5S/c1-18(2)24(26(35)28-31-21-13-8-9-15-23(21)40-28)32-27(36)22-14-10-16-34(22)29(37)25(19(3)4)33-30(38)39-17-20-11-6-5-7-12-20/h5-9,11-13,15,18-19,22,24-25H,10,14,16-17H2,1-4H3,(H,32,36)(H,33,38)/t22-,24?,25-/m0/s1. The van der Waals surface area contributed by atoms with Crippen LogP contribution in [0.15, 0.2) is 54.6 Å². The summed E-state index contributed by atoms with van der Waals surface area (Å²) in [5.41, 5.74) is 1.58. The Morgan fingerprint density at radius 1 is 0.950 bits per heavy atom. The predicted octanol–water partition coefficient (Wildman–Crippen LogP) is 4.56. The maximum atomic E-state index is 13.6. The third-order valence-corrected chi connectivity index (χ3v) is 8.06. The molecular weight excluding hydrogens is 528 g/mol. The van der Waals surface area contributed by atoms with Crippen molar-refractivity contribution in [2.45, 2.75) is 65.3 Å². The lowest BCUT2D eigenvalue weighted by Gasteiger charge is -2.31. The molecule has 4 rings (SSSR count). The van der Waals surface area contributed by atoms with E-state index < -0.39 is 24.2 Å². The van der Waals surface area contributed by atoms with Crippen molar-refractivity contribution in [1.29, 1.82) is 0 Å². The van der Waals surface area contributed by atoms with Crippen molar-refractivity contribution in [1.82, 2.24) is 20.5 Å². The highest BCUT2D eigenvalue weighted by Gasteiger charge is 2.40. The Morgan fingerprint density at radius 3 is 2.30 bits per heavy atom. The second kappa shape index (κ2) is 13.0. The van der Waals surface area contributed by atoms with Gasteiger partial charge >= 0.3 is 6.09 Å². The average Bonchev–Trinajstić information content (AvgIpc) is 3.61. The number of Topliss-reactive ketones (excluding diaryl/α,β-unsaturated/α-hetero) is 1. The molecule has 1 unspecified atom stereocenters. The van der Waals surface area contributed by atoms with Crippen molar-refractivity contribution in [3.63, 3.8) is 0 Å². The molecule has 0 bridgehead atoms. The van der Waals surface area contributed by atoms with Crippen LogP contribution in [0.2, 0.25) is 0 Å². The van der Waals surface area contributed by atoms with Crippen LogP contribution in [0, 0.1) is 11.8 Å². The van der Waals surface area contributed by atoms with Crippen molar-refractivity contribution in [3.8, 4) is 0 Å². The quantitative estimate of drug-likeness (QED) is 0.349. The molecule has 0 spiro atoms. The van der Waals surface area contributed by atoms with Gasteiger partial charge in [0.1, 0.15) is 18.7 Å². The van der Waals surface area contributed by atoms with E-state index in [4.69, 9.17) is 4.74 Å². The molecular formula is C30H36N4O5S. The zero-order valence-corrected chi connectivity index (χ0v) is 24.1. The minimum absolute atomic E-state index is 0.0830. The first kappa shape index (κ1) is 29.2. The van der Waals surface area contributed by atoms with E-state index in [9.17, 15) is 19.2 Å². The SMILES string of the molecule is CC(C)C(NC(=O)[C@@H]1CCCN1C(=O)[C@@H](NC(=O)OCc1ccccc1)C(C)C)C(=O)c1nc2ccccc2s1. The number of amides is 3. The number of likely N-dealkylation sites (tertiary alicyclic amines) is 1. The van der Waals surface area contributed by atoms with Crippen LogP contribution < -0.4 is 10.6 Å². The lowest BCUT2D eigenvalue weighted by molar-refractivity contribution is -0.141. The lowest BCUT2D eigenvalue weighted by Crippen LogP contribution is -2.57. The van der Waals surface area contributed by atoms with E-state index in [1.807, 2.05) is 82.3 Å². The first-order chi connectivity index (χ1) is 19.2. The van der Waals surface area contributed by atoms with Gasteiger partial charge in [-0.15, -0.1) is 11.3 Å². The second-order valence-corrected chi connectivity index (χ2v) is 11.7. The third kappa shape index (κ3) is 6.85. The summed E-state index contributed by atoms with van der Waals surface area (Å²) in [4.78, 5) is 59.0. The van der Waals surface area contributed by atoms with Gasteiger partial charge < -0.3 is 20.3 Å². The van der Waals surface area contributed by atoms with E-state index in [1.54, 1.807) is 0 Å². The number of nitrogens with zero attached hydrogens (tertiary/aromatic N) is 2. The molecule has 3 aromatic rings. The number of carbonyl (C=O) groups excluding carboxylic acids is 4.